The van der Waals surface area contributed by atoms with Crippen molar-refractivity contribution in [3.8, 4) is 0 Å². The zero-order valence-corrected chi connectivity index (χ0v) is 12.7. The maximum Gasteiger partial charge on any atom is 0.255 e. The smallest absolute Gasteiger partial charge is 0.255 e. The van der Waals surface area contributed by atoms with Crippen LogP contribution in [0.1, 0.15) is 23.2 Å². The van der Waals surface area contributed by atoms with Crippen LogP contribution in [0.5, 0.6) is 0 Å². The van der Waals surface area contributed by atoms with Crippen LogP contribution in [0.3, 0.4) is 0 Å². The van der Waals surface area contributed by atoms with Crippen LogP contribution in [0.25, 0.3) is 0 Å². The first-order chi connectivity index (χ1) is 8.18. The molecule has 18 heavy (non-hydrogen) atoms. The third kappa shape index (κ3) is 3.80. The number of piperidine rings is 1. The molecule has 0 saturated carbocycles. The van der Waals surface area contributed by atoms with Gasteiger partial charge >= 0.3 is 0 Å². The number of carbonyl (C=O) groups excluding carboxylic acids is 1. The van der Waals surface area contributed by atoms with E-state index >= 15 is 0 Å². The standard InChI is InChI=1S/C12H14FIN2O.ClH/c13-9-4-1-5-10(14)11(9)12(17)16-8-3-2-6-15-7-8;/h1,4-5,8,15H,2-3,6-7H2,(H,16,17);1H/t8-;/m0./s1. The fraction of sp³-hybridized carbons (Fsp3) is 0.417. The molecular formula is C12H15ClFIN2O. The van der Waals surface area contributed by atoms with E-state index in [-0.39, 0.29) is 29.9 Å². The molecule has 1 fully saturated rings. The van der Waals surface area contributed by atoms with Gasteiger partial charge in [0.25, 0.3) is 5.91 Å². The number of carbonyl (C=O) groups is 1. The van der Waals surface area contributed by atoms with Gasteiger partial charge < -0.3 is 10.6 Å². The highest BCUT2D eigenvalue weighted by Gasteiger charge is 2.20. The number of halogens is 3. The van der Waals surface area contributed by atoms with Crippen molar-refractivity contribution >= 4 is 40.9 Å². The van der Waals surface area contributed by atoms with E-state index in [4.69, 9.17) is 0 Å². The first kappa shape index (κ1) is 15.7. The molecule has 0 aliphatic carbocycles. The molecule has 1 aliphatic rings. The summed E-state index contributed by atoms with van der Waals surface area (Å²) in [5.41, 5.74) is 0.152. The highest BCUT2D eigenvalue weighted by atomic mass is 127. The van der Waals surface area contributed by atoms with Gasteiger partial charge in [0, 0.05) is 16.2 Å². The third-order valence-electron chi connectivity index (χ3n) is 2.82. The summed E-state index contributed by atoms with van der Waals surface area (Å²) in [6, 6.07) is 4.76. The van der Waals surface area contributed by atoms with Gasteiger partial charge in [-0.05, 0) is 54.1 Å². The maximum atomic E-state index is 13.6. The molecule has 2 N–H and O–H groups in total. The molecule has 1 saturated heterocycles. The number of amides is 1. The molecule has 0 radical (unpaired) electrons. The van der Waals surface area contributed by atoms with Gasteiger partial charge in [0.2, 0.25) is 0 Å². The molecule has 3 nitrogen and oxygen atoms in total. The van der Waals surface area contributed by atoms with E-state index in [1.165, 1.54) is 6.07 Å². The average molecular weight is 385 g/mol. The fourth-order valence-corrected chi connectivity index (χ4v) is 2.66. The molecule has 1 aromatic rings. The summed E-state index contributed by atoms with van der Waals surface area (Å²) < 4.78 is 14.2. The highest BCUT2D eigenvalue weighted by Crippen LogP contribution is 2.16. The first-order valence-electron chi connectivity index (χ1n) is 5.64. The van der Waals surface area contributed by atoms with Crippen LogP contribution < -0.4 is 10.6 Å². The Morgan fingerprint density at radius 1 is 1.50 bits per heavy atom. The molecule has 6 heteroatoms. The third-order valence-corrected chi connectivity index (χ3v) is 3.72. The van der Waals surface area contributed by atoms with E-state index < -0.39 is 5.82 Å². The number of rotatable bonds is 2. The minimum atomic E-state index is -0.460. The van der Waals surface area contributed by atoms with Crippen LogP contribution in [-0.4, -0.2) is 25.0 Å². The van der Waals surface area contributed by atoms with Gasteiger partial charge in [-0.25, -0.2) is 4.39 Å². The van der Waals surface area contributed by atoms with Crippen molar-refractivity contribution in [1.82, 2.24) is 10.6 Å². The number of hydrogen-bond acceptors (Lipinski definition) is 2. The lowest BCUT2D eigenvalue weighted by atomic mass is 10.1. The van der Waals surface area contributed by atoms with E-state index in [9.17, 15) is 9.18 Å². The van der Waals surface area contributed by atoms with E-state index in [0.717, 1.165) is 25.9 Å². The van der Waals surface area contributed by atoms with Crippen molar-refractivity contribution in [2.75, 3.05) is 13.1 Å². The minimum Gasteiger partial charge on any atom is -0.348 e. The molecule has 1 atom stereocenters. The second-order valence-corrected chi connectivity index (χ2v) is 5.28. The highest BCUT2D eigenvalue weighted by molar-refractivity contribution is 14.1. The Morgan fingerprint density at radius 2 is 2.28 bits per heavy atom. The molecule has 1 amide bonds. The predicted molar refractivity (Wildman–Crippen MR) is 79.7 cm³/mol. The first-order valence-corrected chi connectivity index (χ1v) is 6.72. The normalized spacial score (nSPS) is 18.9. The molecule has 0 unspecified atom stereocenters. The van der Waals surface area contributed by atoms with Crippen molar-refractivity contribution in [2.45, 2.75) is 18.9 Å². The van der Waals surface area contributed by atoms with Crippen molar-refractivity contribution in [1.29, 1.82) is 0 Å². The van der Waals surface area contributed by atoms with Gasteiger partial charge in [0.15, 0.2) is 0 Å². The Kier molecular flexibility index (Phi) is 6.31. The Balaban J connectivity index is 0.00000162. The Hall–Kier alpha value is -0.400. The van der Waals surface area contributed by atoms with Gasteiger partial charge in [-0.15, -0.1) is 12.4 Å². The predicted octanol–water partition coefficient (Wildman–Crippen LogP) is 2.33. The molecule has 2 rings (SSSR count). The van der Waals surface area contributed by atoms with Gasteiger partial charge in [0.1, 0.15) is 5.82 Å². The van der Waals surface area contributed by atoms with E-state index in [1.807, 2.05) is 22.6 Å². The quantitative estimate of drug-likeness (QED) is 0.769. The number of nitrogens with one attached hydrogen (secondary N) is 2. The molecule has 0 bridgehead atoms. The molecule has 1 heterocycles. The topological polar surface area (TPSA) is 41.1 Å². The number of benzene rings is 1. The summed E-state index contributed by atoms with van der Waals surface area (Å²) in [6.07, 6.45) is 1.99. The van der Waals surface area contributed by atoms with Crippen molar-refractivity contribution < 1.29 is 9.18 Å². The van der Waals surface area contributed by atoms with Crippen LogP contribution in [0.2, 0.25) is 0 Å². The average Bonchev–Trinajstić information content (AvgIpc) is 2.30. The Bertz CT molecular complexity index is 404. The molecule has 1 aromatic carbocycles. The van der Waals surface area contributed by atoms with Crippen LogP contribution in [0.15, 0.2) is 18.2 Å². The number of hydrogen-bond donors (Lipinski definition) is 2. The largest absolute Gasteiger partial charge is 0.348 e. The lowest BCUT2D eigenvalue weighted by Crippen LogP contribution is -2.45. The van der Waals surface area contributed by atoms with Crippen molar-refractivity contribution in [3.05, 3.63) is 33.1 Å². The summed E-state index contributed by atoms with van der Waals surface area (Å²) >= 11 is 1.98. The summed E-state index contributed by atoms with van der Waals surface area (Å²) in [7, 11) is 0. The second-order valence-electron chi connectivity index (χ2n) is 4.11. The molecule has 0 aromatic heterocycles. The molecule has 1 aliphatic heterocycles. The minimum absolute atomic E-state index is 0. The van der Waals surface area contributed by atoms with E-state index in [2.05, 4.69) is 10.6 Å². The summed E-state index contributed by atoms with van der Waals surface area (Å²) in [5.74, 6) is -0.778. The fourth-order valence-electron chi connectivity index (χ4n) is 1.95. The summed E-state index contributed by atoms with van der Waals surface area (Å²) in [6.45, 7) is 1.75. The van der Waals surface area contributed by atoms with E-state index in [1.54, 1.807) is 12.1 Å². The maximum absolute atomic E-state index is 13.6. The van der Waals surface area contributed by atoms with Crippen molar-refractivity contribution in [2.24, 2.45) is 0 Å². The lowest BCUT2D eigenvalue weighted by molar-refractivity contribution is 0.0925. The van der Waals surface area contributed by atoms with Gasteiger partial charge in [0.05, 0.1) is 5.56 Å². The lowest BCUT2D eigenvalue weighted by Gasteiger charge is -2.24. The Labute approximate surface area is 125 Å². The van der Waals surface area contributed by atoms with Crippen LogP contribution in [-0.2, 0) is 0 Å². The second kappa shape index (κ2) is 7.25. The van der Waals surface area contributed by atoms with Gasteiger partial charge in [-0.3, -0.25) is 4.79 Å². The van der Waals surface area contributed by atoms with E-state index in [0.29, 0.717) is 3.57 Å². The Morgan fingerprint density at radius 3 is 2.89 bits per heavy atom. The van der Waals surface area contributed by atoms with Crippen LogP contribution in [0, 0.1) is 9.39 Å². The SMILES string of the molecule is Cl.O=C(N[C@H]1CCCNC1)c1c(F)cccc1I. The van der Waals surface area contributed by atoms with Crippen LogP contribution >= 0.6 is 35.0 Å². The zero-order valence-electron chi connectivity index (χ0n) is 9.71. The van der Waals surface area contributed by atoms with Gasteiger partial charge in [-0.1, -0.05) is 6.07 Å². The van der Waals surface area contributed by atoms with Gasteiger partial charge in [-0.2, -0.15) is 0 Å². The molecule has 100 valence electrons. The summed E-state index contributed by atoms with van der Waals surface area (Å²) in [4.78, 5) is 12.0. The molecular weight excluding hydrogens is 369 g/mol. The zero-order chi connectivity index (χ0) is 12.3. The van der Waals surface area contributed by atoms with Crippen molar-refractivity contribution in [3.63, 3.8) is 0 Å². The monoisotopic (exact) mass is 384 g/mol. The van der Waals surface area contributed by atoms with Crippen LogP contribution in [0.4, 0.5) is 4.39 Å². The summed E-state index contributed by atoms with van der Waals surface area (Å²) in [5, 5.41) is 6.08. The molecule has 0 spiro atoms.